The Labute approximate surface area is 67.5 Å². The topological polar surface area (TPSA) is 23.5 Å². The molecule has 1 rings (SSSR count). The third-order valence-corrected chi connectivity index (χ3v) is 2.12. The highest BCUT2D eigenvalue weighted by Gasteiger charge is 2.23. The van der Waals surface area contributed by atoms with Crippen LogP contribution in [0.3, 0.4) is 0 Å². The number of aliphatic hydroxyl groups is 1. The summed E-state index contributed by atoms with van der Waals surface area (Å²) >= 11 is 2.02. The summed E-state index contributed by atoms with van der Waals surface area (Å²) in [6, 6.07) is 0. The molecule has 2 unspecified atom stereocenters. The van der Waals surface area contributed by atoms with Crippen molar-refractivity contribution in [2.24, 2.45) is 0 Å². The molecule has 1 aliphatic heterocycles. The summed E-state index contributed by atoms with van der Waals surface area (Å²) in [6.45, 7) is 1.05. The van der Waals surface area contributed by atoms with Crippen LogP contribution in [0.5, 0.6) is 0 Å². The van der Waals surface area contributed by atoms with E-state index in [0.29, 0.717) is 19.5 Å². The average Bonchev–Trinajstić information content (AvgIpc) is 1.59. The molecule has 0 aromatic rings. The molecule has 2 atom stereocenters. The molecule has 2 nitrogen and oxygen atoms in total. The van der Waals surface area contributed by atoms with Crippen molar-refractivity contribution in [1.29, 1.82) is 0 Å². The Balaban J connectivity index is 2.34. The normalized spacial score (nSPS) is 39.0. The molecule has 9 heavy (non-hydrogen) atoms. The van der Waals surface area contributed by atoms with E-state index in [9.17, 15) is 4.39 Å². The van der Waals surface area contributed by atoms with Gasteiger partial charge >= 0.3 is 0 Å². The number of aliphatic hydroxyl groups excluding tert-OH is 1. The lowest BCUT2D eigenvalue weighted by Gasteiger charge is -2.26. The Morgan fingerprint density at radius 1 is 1.56 bits per heavy atom. The first-order valence-corrected chi connectivity index (χ1v) is 3.88. The maximum atomic E-state index is 12.5. The molecule has 4 heteroatoms. The van der Waals surface area contributed by atoms with E-state index >= 15 is 0 Å². The summed E-state index contributed by atoms with van der Waals surface area (Å²) in [5.41, 5.74) is 0. The minimum absolute atomic E-state index is 0.305. The first-order chi connectivity index (χ1) is 4.18. The van der Waals surface area contributed by atoms with Crippen LogP contribution in [-0.4, -0.2) is 33.6 Å². The van der Waals surface area contributed by atoms with Gasteiger partial charge in [0.1, 0.15) is 6.17 Å². The Hall–Kier alpha value is 0.580. The zero-order valence-electron chi connectivity index (χ0n) is 4.93. The smallest absolute Gasteiger partial charge is 0.116 e. The summed E-state index contributed by atoms with van der Waals surface area (Å²) in [5.74, 6) is 0. The van der Waals surface area contributed by atoms with Crippen molar-refractivity contribution in [3.8, 4) is 0 Å². The van der Waals surface area contributed by atoms with Gasteiger partial charge in [-0.3, -0.25) is 0 Å². The van der Waals surface area contributed by atoms with Gasteiger partial charge in [0.2, 0.25) is 0 Å². The number of hydrogen-bond acceptors (Lipinski definition) is 2. The molecule has 0 amide bonds. The molecular weight excluding hydrogens is 236 g/mol. The largest absolute Gasteiger partial charge is 0.392 e. The first kappa shape index (κ1) is 7.68. The van der Waals surface area contributed by atoms with Crippen LogP contribution in [0.4, 0.5) is 4.39 Å². The summed E-state index contributed by atoms with van der Waals surface area (Å²) in [5, 5.41) is 8.96. The van der Waals surface area contributed by atoms with Gasteiger partial charge in [-0.25, -0.2) is 7.50 Å². The minimum atomic E-state index is -0.842. The second-order valence-electron chi connectivity index (χ2n) is 2.31. The van der Waals surface area contributed by atoms with Gasteiger partial charge in [-0.05, 0) is 0 Å². The number of rotatable bonds is 0. The average molecular weight is 245 g/mol. The highest BCUT2D eigenvalue weighted by molar-refractivity contribution is 14.1. The second kappa shape index (κ2) is 3.12. The maximum Gasteiger partial charge on any atom is 0.116 e. The predicted octanol–water partition coefficient (Wildman–Crippen LogP) is 0.741. The van der Waals surface area contributed by atoms with Crippen LogP contribution in [0, 0.1) is 0 Å². The van der Waals surface area contributed by atoms with Gasteiger partial charge in [-0.2, -0.15) is 0 Å². The predicted molar refractivity (Wildman–Crippen MR) is 41.1 cm³/mol. The second-order valence-corrected chi connectivity index (χ2v) is 3.68. The summed E-state index contributed by atoms with van der Waals surface area (Å²) < 4.78 is 14.3. The third-order valence-electron chi connectivity index (χ3n) is 1.33. The molecule has 0 bridgehead atoms. The number of β-amino-alcohol motifs (C(OH)–C–C–N with tert-alkyl or cyclic N) is 1. The van der Waals surface area contributed by atoms with Crippen LogP contribution < -0.4 is 0 Å². The lowest BCUT2D eigenvalue weighted by Crippen LogP contribution is -2.38. The van der Waals surface area contributed by atoms with Crippen molar-refractivity contribution in [1.82, 2.24) is 3.11 Å². The summed E-state index contributed by atoms with van der Waals surface area (Å²) in [6.07, 6.45) is -1.00. The number of piperidine rings is 1. The van der Waals surface area contributed by atoms with E-state index in [4.69, 9.17) is 5.11 Å². The summed E-state index contributed by atoms with van der Waals surface area (Å²) in [4.78, 5) is 0. The third kappa shape index (κ3) is 2.35. The van der Waals surface area contributed by atoms with Crippen molar-refractivity contribution >= 4 is 22.9 Å². The van der Waals surface area contributed by atoms with Gasteiger partial charge in [-0.15, -0.1) is 0 Å². The van der Waals surface area contributed by atoms with E-state index in [0.717, 1.165) is 0 Å². The minimum Gasteiger partial charge on any atom is -0.392 e. The molecule has 0 aromatic carbocycles. The van der Waals surface area contributed by atoms with Gasteiger partial charge in [0.15, 0.2) is 0 Å². The fraction of sp³-hybridized carbons (Fsp3) is 1.00. The zero-order valence-corrected chi connectivity index (χ0v) is 7.08. The number of halogens is 2. The molecule has 0 spiro atoms. The number of nitrogens with zero attached hydrogens (tertiary/aromatic N) is 1. The molecule has 1 fully saturated rings. The van der Waals surface area contributed by atoms with Crippen LogP contribution in [-0.2, 0) is 0 Å². The van der Waals surface area contributed by atoms with E-state index in [1.165, 1.54) is 0 Å². The number of hydrogen-bond donors (Lipinski definition) is 1. The fourth-order valence-electron chi connectivity index (χ4n) is 0.962. The van der Waals surface area contributed by atoms with Crippen molar-refractivity contribution in [2.45, 2.75) is 18.7 Å². The van der Waals surface area contributed by atoms with E-state index < -0.39 is 12.3 Å². The lowest BCUT2D eigenvalue weighted by molar-refractivity contribution is 0.0714. The highest BCUT2D eigenvalue weighted by atomic mass is 127. The SMILES string of the molecule is OC1CC(F)CN(I)C1. The van der Waals surface area contributed by atoms with Gasteiger partial charge < -0.3 is 5.11 Å². The Morgan fingerprint density at radius 2 is 2.22 bits per heavy atom. The summed E-state index contributed by atoms with van der Waals surface area (Å²) in [7, 11) is 0. The number of alkyl halides is 1. The van der Waals surface area contributed by atoms with Crippen LogP contribution in [0.2, 0.25) is 0 Å². The molecule has 1 saturated heterocycles. The molecular formula is C5H9FINO. The van der Waals surface area contributed by atoms with Crippen LogP contribution in [0.25, 0.3) is 0 Å². The maximum absolute atomic E-state index is 12.5. The molecule has 0 radical (unpaired) electrons. The quantitative estimate of drug-likeness (QED) is 0.502. The molecule has 0 aromatic heterocycles. The van der Waals surface area contributed by atoms with Crippen molar-refractivity contribution in [3.63, 3.8) is 0 Å². The zero-order chi connectivity index (χ0) is 6.85. The van der Waals surface area contributed by atoms with Gasteiger partial charge in [0, 0.05) is 42.4 Å². The van der Waals surface area contributed by atoms with Crippen molar-refractivity contribution in [3.05, 3.63) is 0 Å². The highest BCUT2D eigenvalue weighted by Crippen LogP contribution is 2.16. The van der Waals surface area contributed by atoms with E-state index in [2.05, 4.69) is 0 Å². The molecule has 54 valence electrons. The van der Waals surface area contributed by atoms with Crippen molar-refractivity contribution in [2.75, 3.05) is 13.1 Å². The standard InChI is InChI=1S/C5H9FINO/c6-4-1-5(9)3-8(7)2-4/h4-5,9H,1-3H2. The first-order valence-electron chi connectivity index (χ1n) is 2.91. The molecule has 1 aliphatic rings. The van der Waals surface area contributed by atoms with E-state index in [-0.39, 0.29) is 0 Å². The molecule has 1 heterocycles. The van der Waals surface area contributed by atoms with Gasteiger partial charge in [0.05, 0.1) is 6.10 Å². The molecule has 0 aliphatic carbocycles. The van der Waals surface area contributed by atoms with Gasteiger partial charge in [-0.1, -0.05) is 0 Å². The van der Waals surface area contributed by atoms with Crippen molar-refractivity contribution < 1.29 is 9.50 Å². The van der Waals surface area contributed by atoms with E-state index in [1.807, 2.05) is 22.9 Å². The van der Waals surface area contributed by atoms with Crippen LogP contribution in [0.15, 0.2) is 0 Å². The van der Waals surface area contributed by atoms with Gasteiger partial charge in [0.25, 0.3) is 0 Å². The Morgan fingerprint density at radius 3 is 2.67 bits per heavy atom. The van der Waals surface area contributed by atoms with E-state index in [1.54, 1.807) is 3.11 Å². The monoisotopic (exact) mass is 245 g/mol. The Kier molecular flexibility index (Phi) is 2.66. The molecule has 0 saturated carbocycles. The Bertz CT molecular complexity index is 77.9. The molecule has 1 N–H and O–H groups in total. The fourth-order valence-corrected chi connectivity index (χ4v) is 1.84. The van der Waals surface area contributed by atoms with Crippen LogP contribution in [0.1, 0.15) is 6.42 Å². The lowest BCUT2D eigenvalue weighted by atomic mass is 10.1. The van der Waals surface area contributed by atoms with Crippen LogP contribution >= 0.6 is 22.9 Å².